The first-order chi connectivity index (χ1) is 9.98. The molecule has 2 aliphatic carbocycles. The van der Waals surface area contributed by atoms with Crippen molar-refractivity contribution >= 4 is 5.69 Å². The summed E-state index contributed by atoms with van der Waals surface area (Å²) in [4.78, 5) is 0. The average Bonchev–Trinajstić information content (AvgIpc) is 2.38. The van der Waals surface area contributed by atoms with Crippen molar-refractivity contribution in [3.63, 3.8) is 0 Å². The Bertz CT molecular complexity index is 678. The van der Waals surface area contributed by atoms with E-state index in [-0.39, 0.29) is 5.54 Å². The molecular weight excluding hydrogens is 266 g/mol. The molecule has 3 aliphatic rings. The van der Waals surface area contributed by atoms with Crippen LogP contribution in [-0.2, 0) is 21.8 Å². The summed E-state index contributed by atoms with van der Waals surface area (Å²) in [5.41, 5.74) is 9.15. The normalized spacial score (nSPS) is 32.3. The summed E-state index contributed by atoms with van der Waals surface area (Å²) in [5.74, 6) is 0. The zero-order valence-corrected chi connectivity index (χ0v) is 15.4. The molecule has 1 aromatic carbocycles. The van der Waals surface area contributed by atoms with Crippen LogP contribution in [0.2, 0.25) is 0 Å². The Labute approximate surface area is 135 Å². The summed E-state index contributed by atoms with van der Waals surface area (Å²) < 4.78 is 0. The first kappa shape index (κ1) is 14.6. The third-order valence-electron chi connectivity index (χ3n) is 7.04. The quantitative estimate of drug-likeness (QED) is 0.643. The molecule has 0 aromatic heterocycles. The SMILES string of the molecule is CC1(C)CCC(C)(C)c2c1cc1c3c2NC3(C)CCC1(C)C. The fraction of sp³-hybridized carbons (Fsp3) is 0.714. The lowest BCUT2D eigenvalue weighted by Gasteiger charge is -2.56. The van der Waals surface area contributed by atoms with Gasteiger partial charge in [0.1, 0.15) is 0 Å². The number of anilines is 1. The standard InChI is InChI=1S/C21H31N/c1-18(2)8-9-20(5,6)15-13(18)12-14-16-17(15)22-21(16,7)11-10-19(14,3)4/h12,22H,8-11H2,1-7H3. The van der Waals surface area contributed by atoms with Crippen LogP contribution in [0.25, 0.3) is 0 Å². The van der Waals surface area contributed by atoms with E-state index < -0.39 is 0 Å². The third-order valence-corrected chi connectivity index (χ3v) is 7.04. The molecule has 0 saturated carbocycles. The molecule has 1 heterocycles. The van der Waals surface area contributed by atoms with Crippen LogP contribution in [0.1, 0.15) is 96.4 Å². The van der Waals surface area contributed by atoms with Crippen LogP contribution in [0.15, 0.2) is 6.07 Å². The summed E-state index contributed by atoms with van der Waals surface area (Å²) >= 11 is 0. The van der Waals surface area contributed by atoms with Gasteiger partial charge in [-0.15, -0.1) is 0 Å². The number of benzene rings is 1. The lowest BCUT2D eigenvalue weighted by Crippen LogP contribution is -2.51. The third kappa shape index (κ3) is 1.61. The Morgan fingerprint density at radius 1 is 0.682 bits per heavy atom. The monoisotopic (exact) mass is 297 g/mol. The van der Waals surface area contributed by atoms with Gasteiger partial charge in [0, 0.05) is 11.3 Å². The summed E-state index contributed by atoms with van der Waals surface area (Å²) in [6.45, 7) is 17.0. The summed E-state index contributed by atoms with van der Waals surface area (Å²) in [6.07, 6.45) is 5.14. The highest BCUT2D eigenvalue weighted by Gasteiger charge is 2.52. The number of fused-ring (bicyclic) bond motifs is 2. The summed E-state index contributed by atoms with van der Waals surface area (Å²) in [5, 5.41) is 3.90. The van der Waals surface area contributed by atoms with Crippen molar-refractivity contribution in [2.24, 2.45) is 0 Å². The second kappa shape index (κ2) is 3.74. The van der Waals surface area contributed by atoms with Crippen molar-refractivity contribution in [1.82, 2.24) is 0 Å². The molecule has 1 unspecified atom stereocenters. The van der Waals surface area contributed by atoms with Gasteiger partial charge < -0.3 is 5.32 Å². The molecule has 0 radical (unpaired) electrons. The Morgan fingerprint density at radius 3 is 1.82 bits per heavy atom. The number of rotatable bonds is 0. The second-order valence-electron chi connectivity index (χ2n) is 10.2. The van der Waals surface area contributed by atoms with E-state index in [1.807, 2.05) is 0 Å². The summed E-state index contributed by atoms with van der Waals surface area (Å²) in [6, 6.07) is 2.60. The maximum atomic E-state index is 3.90. The van der Waals surface area contributed by atoms with E-state index in [4.69, 9.17) is 0 Å². The van der Waals surface area contributed by atoms with Gasteiger partial charge in [-0.05, 0) is 65.5 Å². The van der Waals surface area contributed by atoms with Gasteiger partial charge in [0.2, 0.25) is 0 Å². The summed E-state index contributed by atoms with van der Waals surface area (Å²) in [7, 11) is 0. The number of hydrogen-bond donors (Lipinski definition) is 1. The molecule has 1 aromatic rings. The van der Waals surface area contributed by atoms with E-state index in [0.29, 0.717) is 16.2 Å². The van der Waals surface area contributed by atoms with Crippen LogP contribution in [0.5, 0.6) is 0 Å². The molecular formula is C21H31N. The molecule has 1 aliphatic heterocycles. The van der Waals surface area contributed by atoms with Crippen molar-refractivity contribution < 1.29 is 0 Å². The van der Waals surface area contributed by atoms with Crippen LogP contribution in [-0.4, -0.2) is 0 Å². The van der Waals surface area contributed by atoms with Crippen molar-refractivity contribution in [2.75, 3.05) is 5.32 Å². The number of hydrogen-bond acceptors (Lipinski definition) is 1. The van der Waals surface area contributed by atoms with E-state index >= 15 is 0 Å². The minimum atomic E-state index is 0.229. The molecule has 4 rings (SSSR count). The Hall–Kier alpha value is -0.980. The Balaban J connectivity index is 2.07. The predicted octanol–water partition coefficient (Wildman–Crippen LogP) is 5.75. The molecule has 0 saturated heterocycles. The average molecular weight is 297 g/mol. The van der Waals surface area contributed by atoms with Gasteiger partial charge in [-0.3, -0.25) is 0 Å². The lowest BCUT2D eigenvalue weighted by atomic mass is 9.55. The fourth-order valence-electron chi connectivity index (χ4n) is 5.20. The van der Waals surface area contributed by atoms with Gasteiger partial charge in [-0.1, -0.05) is 47.6 Å². The van der Waals surface area contributed by atoms with Crippen LogP contribution in [0.3, 0.4) is 0 Å². The van der Waals surface area contributed by atoms with Crippen molar-refractivity contribution in [2.45, 2.75) is 95.9 Å². The highest BCUT2D eigenvalue weighted by Crippen LogP contribution is 2.61. The highest BCUT2D eigenvalue weighted by molar-refractivity contribution is 5.79. The van der Waals surface area contributed by atoms with Crippen LogP contribution in [0.4, 0.5) is 5.69 Å². The minimum absolute atomic E-state index is 0.229. The van der Waals surface area contributed by atoms with E-state index in [1.165, 1.54) is 31.4 Å². The van der Waals surface area contributed by atoms with E-state index in [1.54, 1.807) is 22.3 Å². The zero-order valence-electron chi connectivity index (χ0n) is 15.4. The molecule has 22 heavy (non-hydrogen) atoms. The maximum Gasteiger partial charge on any atom is 0.0621 e. The van der Waals surface area contributed by atoms with Crippen LogP contribution < -0.4 is 5.32 Å². The molecule has 120 valence electrons. The molecule has 0 bridgehead atoms. The van der Waals surface area contributed by atoms with E-state index in [0.717, 1.165) is 0 Å². The van der Waals surface area contributed by atoms with E-state index in [9.17, 15) is 0 Å². The van der Waals surface area contributed by atoms with Crippen molar-refractivity contribution in [3.05, 3.63) is 28.3 Å². The molecule has 0 spiro atoms. The first-order valence-corrected chi connectivity index (χ1v) is 8.99. The van der Waals surface area contributed by atoms with Gasteiger partial charge in [0.05, 0.1) is 5.54 Å². The lowest BCUT2D eigenvalue weighted by molar-refractivity contribution is 0.299. The second-order valence-corrected chi connectivity index (χ2v) is 10.2. The topological polar surface area (TPSA) is 12.0 Å². The van der Waals surface area contributed by atoms with Gasteiger partial charge in [0.15, 0.2) is 0 Å². The van der Waals surface area contributed by atoms with E-state index in [2.05, 4.69) is 59.8 Å². The van der Waals surface area contributed by atoms with Crippen molar-refractivity contribution in [3.8, 4) is 0 Å². The Kier molecular flexibility index (Phi) is 2.48. The maximum absolute atomic E-state index is 3.90. The molecule has 1 N–H and O–H groups in total. The fourth-order valence-corrected chi connectivity index (χ4v) is 5.20. The van der Waals surface area contributed by atoms with Gasteiger partial charge in [0.25, 0.3) is 0 Å². The zero-order chi connectivity index (χ0) is 16.1. The molecule has 1 nitrogen and oxygen atoms in total. The van der Waals surface area contributed by atoms with Crippen LogP contribution >= 0.6 is 0 Å². The minimum Gasteiger partial charge on any atom is -0.375 e. The smallest absolute Gasteiger partial charge is 0.0621 e. The van der Waals surface area contributed by atoms with Gasteiger partial charge in [-0.25, -0.2) is 0 Å². The molecule has 0 amide bonds. The van der Waals surface area contributed by atoms with Gasteiger partial charge in [-0.2, -0.15) is 0 Å². The molecule has 1 heteroatoms. The Morgan fingerprint density at radius 2 is 1.18 bits per heavy atom. The molecule has 1 atom stereocenters. The first-order valence-electron chi connectivity index (χ1n) is 8.99. The number of nitrogens with one attached hydrogen (secondary N) is 1. The van der Waals surface area contributed by atoms with Crippen molar-refractivity contribution in [1.29, 1.82) is 0 Å². The largest absolute Gasteiger partial charge is 0.375 e. The highest BCUT2D eigenvalue weighted by atomic mass is 15.1. The predicted molar refractivity (Wildman–Crippen MR) is 95.0 cm³/mol. The molecule has 0 fully saturated rings. The van der Waals surface area contributed by atoms with Crippen LogP contribution in [0, 0.1) is 0 Å². The van der Waals surface area contributed by atoms with Gasteiger partial charge >= 0.3 is 0 Å².